The Hall–Kier alpha value is -3.65. The van der Waals surface area contributed by atoms with Crippen LogP contribution in [0.15, 0.2) is 60.7 Å². The number of carbonyl (C=O) groups is 1. The Morgan fingerprint density at radius 3 is 2.61 bits per heavy atom. The van der Waals surface area contributed by atoms with Gasteiger partial charge in [-0.25, -0.2) is 0 Å². The average Bonchev–Trinajstić information content (AvgIpc) is 2.85. The second-order valence-corrected chi connectivity index (χ2v) is 7.61. The molecule has 3 aromatic rings. The predicted octanol–water partition coefficient (Wildman–Crippen LogP) is 3.78. The molecule has 2 heterocycles. The van der Waals surface area contributed by atoms with Crippen molar-refractivity contribution in [3.63, 3.8) is 0 Å². The van der Waals surface area contributed by atoms with Gasteiger partial charge in [0.25, 0.3) is 5.91 Å². The maximum absolute atomic E-state index is 12.7. The molecule has 1 unspecified atom stereocenters. The normalized spacial score (nSPS) is 14.4. The molecule has 1 fully saturated rings. The van der Waals surface area contributed by atoms with Crippen LogP contribution >= 0.6 is 0 Å². The van der Waals surface area contributed by atoms with Gasteiger partial charge in [-0.1, -0.05) is 18.2 Å². The van der Waals surface area contributed by atoms with Crippen molar-refractivity contribution in [2.24, 2.45) is 0 Å². The van der Waals surface area contributed by atoms with E-state index in [9.17, 15) is 4.79 Å². The first kappa shape index (κ1) is 22.5. The number of benzene rings is 2. The molecule has 1 atom stereocenters. The van der Waals surface area contributed by atoms with Gasteiger partial charge in [0.15, 0.2) is 11.9 Å². The van der Waals surface area contributed by atoms with Gasteiger partial charge < -0.3 is 24.4 Å². The Bertz CT molecular complexity index is 1070. The molecule has 4 rings (SSSR count). The van der Waals surface area contributed by atoms with Crippen LogP contribution in [-0.4, -0.2) is 55.1 Å². The Labute approximate surface area is 193 Å². The summed E-state index contributed by atoms with van der Waals surface area (Å²) in [6.45, 7) is 7.22. The van der Waals surface area contributed by atoms with Gasteiger partial charge in [0.2, 0.25) is 0 Å². The summed E-state index contributed by atoms with van der Waals surface area (Å²) in [4.78, 5) is 14.8. The van der Waals surface area contributed by atoms with E-state index in [2.05, 4.69) is 20.4 Å². The Balaban J connectivity index is 1.39. The van der Waals surface area contributed by atoms with Gasteiger partial charge in [-0.15, -0.1) is 10.2 Å². The van der Waals surface area contributed by atoms with Crippen molar-refractivity contribution in [2.45, 2.75) is 20.0 Å². The lowest BCUT2D eigenvalue weighted by molar-refractivity contribution is -0.122. The van der Waals surface area contributed by atoms with E-state index in [0.717, 1.165) is 30.2 Å². The molecule has 0 saturated carbocycles. The zero-order valence-corrected chi connectivity index (χ0v) is 18.9. The molecule has 8 nitrogen and oxygen atoms in total. The number of morpholine rings is 1. The summed E-state index contributed by atoms with van der Waals surface area (Å²) < 4.78 is 16.7. The smallest absolute Gasteiger partial charge is 0.265 e. The minimum atomic E-state index is -0.682. The highest BCUT2D eigenvalue weighted by molar-refractivity contribution is 5.94. The molecular weight excluding hydrogens is 420 g/mol. The number of hydrogen-bond acceptors (Lipinski definition) is 7. The van der Waals surface area contributed by atoms with Gasteiger partial charge in [0.1, 0.15) is 11.5 Å². The summed E-state index contributed by atoms with van der Waals surface area (Å²) in [5, 5.41) is 11.7. The van der Waals surface area contributed by atoms with E-state index >= 15 is 0 Å². The molecule has 1 N–H and O–H groups in total. The van der Waals surface area contributed by atoms with Crippen LogP contribution in [0.5, 0.6) is 11.5 Å². The second-order valence-electron chi connectivity index (χ2n) is 7.61. The van der Waals surface area contributed by atoms with Crippen molar-refractivity contribution in [3.05, 3.63) is 60.7 Å². The number of nitrogens with one attached hydrogen (secondary N) is 1. The predicted molar refractivity (Wildman–Crippen MR) is 127 cm³/mol. The third-order valence-corrected chi connectivity index (χ3v) is 5.21. The molecule has 1 saturated heterocycles. The summed E-state index contributed by atoms with van der Waals surface area (Å²) in [6, 6.07) is 18.7. The summed E-state index contributed by atoms with van der Waals surface area (Å²) in [7, 11) is 0. The molecule has 33 heavy (non-hydrogen) atoms. The Kier molecular flexibility index (Phi) is 7.36. The van der Waals surface area contributed by atoms with Crippen LogP contribution < -0.4 is 19.7 Å². The summed E-state index contributed by atoms with van der Waals surface area (Å²) in [6.07, 6.45) is -0.682. The SMILES string of the molecule is CCOc1cccc(OC(C)C(=O)Nc2cccc(-c3ccc(N4CCOCC4)nn3)c2)c1. The number of anilines is 2. The van der Waals surface area contributed by atoms with Crippen molar-refractivity contribution in [1.29, 1.82) is 0 Å². The first-order valence-electron chi connectivity index (χ1n) is 11.1. The van der Waals surface area contributed by atoms with Crippen molar-refractivity contribution >= 4 is 17.4 Å². The molecule has 8 heteroatoms. The molecule has 1 aliphatic rings. The van der Waals surface area contributed by atoms with Crippen LogP contribution in [-0.2, 0) is 9.53 Å². The molecule has 1 aromatic heterocycles. The van der Waals surface area contributed by atoms with Gasteiger partial charge in [-0.3, -0.25) is 4.79 Å². The van der Waals surface area contributed by atoms with Crippen LogP contribution in [0, 0.1) is 0 Å². The number of rotatable bonds is 8. The number of hydrogen-bond donors (Lipinski definition) is 1. The average molecular weight is 449 g/mol. The van der Waals surface area contributed by atoms with Crippen LogP contribution in [0.25, 0.3) is 11.3 Å². The second kappa shape index (κ2) is 10.8. The lowest BCUT2D eigenvalue weighted by Crippen LogP contribution is -2.36. The zero-order chi connectivity index (χ0) is 23.0. The lowest BCUT2D eigenvalue weighted by Gasteiger charge is -2.27. The molecule has 1 amide bonds. The highest BCUT2D eigenvalue weighted by atomic mass is 16.5. The van der Waals surface area contributed by atoms with Gasteiger partial charge in [0.05, 0.1) is 25.5 Å². The first-order valence-corrected chi connectivity index (χ1v) is 11.1. The van der Waals surface area contributed by atoms with Crippen LogP contribution in [0.3, 0.4) is 0 Å². The Morgan fingerprint density at radius 2 is 1.85 bits per heavy atom. The van der Waals surface area contributed by atoms with E-state index in [0.29, 0.717) is 37.0 Å². The fourth-order valence-corrected chi connectivity index (χ4v) is 3.50. The van der Waals surface area contributed by atoms with Crippen LogP contribution in [0.4, 0.5) is 11.5 Å². The number of nitrogens with zero attached hydrogens (tertiary/aromatic N) is 3. The minimum absolute atomic E-state index is 0.247. The zero-order valence-electron chi connectivity index (χ0n) is 18.9. The number of amides is 1. The van der Waals surface area contributed by atoms with Crippen molar-refractivity contribution in [2.75, 3.05) is 43.1 Å². The van der Waals surface area contributed by atoms with Gasteiger partial charge in [0, 0.05) is 30.4 Å². The van der Waals surface area contributed by atoms with E-state index in [1.807, 2.05) is 55.5 Å². The van der Waals surface area contributed by atoms with Crippen LogP contribution in [0.1, 0.15) is 13.8 Å². The summed E-state index contributed by atoms with van der Waals surface area (Å²) in [5.41, 5.74) is 2.27. The van der Waals surface area contributed by atoms with Crippen molar-refractivity contribution < 1.29 is 19.0 Å². The van der Waals surface area contributed by atoms with Gasteiger partial charge >= 0.3 is 0 Å². The molecule has 0 bridgehead atoms. The molecule has 0 aliphatic carbocycles. The minimum Gasteiger partial charge on any atom is -0.494 e. The third kappa shape index (κ3) is 5.98. The molecule has 0 spiro atoms. The van der Waals surface area contributed by atoms with E-state index in [1.165, 1.54) is 0 Å². The fourth-order valence-electron chi connectivity index (χ4n) is 3.50. The standard InChI is InChI=1S/C25H28N4O4/c1-3-32-21-8-5-9-22(17-21)33-18(2)25(30)26-20-7-4-6-19(16-20)23-10-11-24(28-27-23)29-12-14-31-15-13-29/h4-11,16-18H,3,12-15H2,1-2H3,(H,26,30). The quantitative estimate of drug-likeness (QED) is 0.561. The van der Waals surface area contributed by atoms with E-state index in [4.69, 9.17) is 14.2 Å². The molecular formula is C25H28N4O4. The summed E-state index contributed by atoms with van der Waals surface area (Å²) in [5.74, 6) is 1.87. The first-order chi connectivity index (χ1) is 16.1. The van der Waals surface area contributed by atoms with E-state index in [1.54, 1.807) is 19.1 Å². The monoisotopic (exact) mass is 448 g/mol. The number of aromatic nitrogens is 2. The fraction of sp³-hybridized carbons (Fsp3) is 0.320. The van der Waals surface area contributed by atoms with Gasteiger partial charge in [-0.05, 0) is 50.2 Å². The van der Waals surface area contributed by atoms with E-state index < -0.39 is 6.10 Å². The number of carbonyl (C=O) groups excluding carboxylic acids is 1. The number of ether oxygens (including phenoxy) is 3. The topological polar surface area (TPSA) is 85.8 Å². The van der Waals surface area contributed by atoms with Crippen molar-refractivity contribution in [1.82, 2.24) is 10.2 Å². The molecule has 1 aliphatic heterocycles. The molecule has 172 valence electrons. The molecule has 2 aromatic carbocycles. The third-order valence-electron chi connectivity index (χ3n) is 5.21. The lowest BCUT2D eigenvalue weighted by atomic mass is 10.1. The van der Waals surface area contributed by atoms with Crippen LogP contribution in [0.2, 0.25) is 0 Å². The maximum atomic E-state index is 12.7. The van der Waals surface area contributed by atoms with Crippen molar-refractivity contribution in [3.8, 4) is 22.8 Å². The molecule has 0 radical (unpaired) electrons. The van der Waals surface area contributed by atoms with Gasteiger partial charge in [-0.2, -0.15) is 0 Å². The largest absolute Gasteiger partial charge is 0.494 e. The highest BCUT2D eigenvalue weighted by Gasteiger charge is 2.16. The highest BCUT2D eigenvalue weighted by Crippen LogP contribution is 2.23. The Morgan fingerprint density at radius 1 is 1.06 bits per heavy atom. The van der Waals surface area contributed by atoms with E-state index in [-0.39, 0.29) is 5.91 Å². The summed E-state index contributed by atoms with van der Waals surface area (Å²) >= 11 is 0. The maximum Gasteiger partial charge on any atom is 0.265 e.